The van der Waals surface area contributed by atoms with E-state index in [9.17, 15) is 18.0 Å². The highest BCUT2D eigenvalue weighted by Crippen LogP contribution is 2.26. The summed E-state index contributed by atoms with van der Waals surface area (Å²) in [6.07, 6.45) is 1.04. The summed E-state index contributed by atoms with van der Waals surface area (Å²) < 4.78 is 27.1. The molecular weight excluding hydrogens is 577 g/mol. The van der Waals surface area contributed by atoms with Crippen molar-refractivity contribution in [3.63, 3.8) is 0 Å². The van der Waals surface area contributed by atoms with Gasteiger partial charge in [-0.1, -0.05) is 59.0 Å². The van der Waals surface area contributed by atoms with Crippen molar-refractivity contribution >= 4 is 66.7 Å². The Kier molecular flexibility index (Phi) is 10.4. The molecule has 0 aliphatic rings. The quantitative estimate of drug-likeness (QED) is 0.411. The van der Waals surface area contributed by atoms with Gasteiger partial charge in [0, 0.05) is 27.6 Å². The molecule has 0 aliphatic carbocycles. The van der Waals surface area contributed by atoms with Gasteiger partial charge in [-0.05, 0) is 61.2 Å². The van der Waals surface area contributed by atoms with Crippen LogP contribution < -0.4 is 9.62 Å². The molecule has 0 fully saturated rings. The number of hydrogen-bond acceptors (Lipinski definition) is 4. The average Bonchev–Trinajstić information content (AvgIpc) is 2.75. The highest BCUT2D eigenvalue weighted by molar-refractivity contribution is 9.10. The fraction of sp³-hybridized carbons (Fsp3) is 0.417. The maximum atomic E-state index is 13.6. The summed E-state index contributed by atoms with van der Waals surface area (Å²) in [5.74, 6) is -0.667. The number of hydrogen-bond donors (Lipinski definition) is 1. The van der Waals surface area contributed by atoms with E-state index in [1.54, 1.807) is 43.3 Å². The van der Waals surface area contributed by atoms with Crippen molar-refractivity contribution in [2.75, 3.05) is 23.7 Å². The lowest BCUT2D eigenvalue weighted by Gasteiger charge is -2.32. The predicted molar refractivity (Wildman–Crippen MR) is 145 cm³/mol. The van der Waals surface area contributed by atoms with Gasteiger partial charge in [-0.2, -0.15) is 0 Å². The minimum Gasteiger partial charge on any atom is -0.354 e. The van der Waals surface area contributed by atoms with Crippen molar-refractivity contribution < 1.29 is 18.0 Å². The van der Waals surface area contributed by atoms with Crippen LogP contribution in [0.3, 0.4) is 0 Å². The Labute approximate surface area is 225 Å². The number of benzene rings is 2. The number of sulfonamides is 1. The Morgan fingerprint density at radius 2 is 1.74 bits per heavy atom. The minimum absolute atomic E-state index is 0.00205. The number of carbonyl (C=O) groups is 2. The zero-order chi connectivity index (χ0) is 26.5. The van der Waals surface area contributed by atoms with Crippen LogP contribution >= 0.6 is 39.1 Å². The molecular formula is C24H30BrCl2N3O4S. The summed E-state index contributed by atoms with van der Waals surface area (Å²) in [5.41, 5.74) is 1.75. The van der Waals surface area contributed by atoms with E-state index in [2.05, 4.69) is 21.2 Å². The van der Waals surface area contributed by atoms with E-state index >= 15 is 0 Å². The molecule has 0 saturated carbocycles. The maximum Gasteiger partial charge on any atom is 0.244 e. The van der Waals surface area contributed by atoms with Gasteiger partial charge in [0.2, 0.25) is 21.8 Å². The standard InChI is InChI=1S/C24H30BrCl2N3O4S/c1-15(2)12-28-24(32)17(4)29(13-18-6-7-19(26)11-22(18)27)23(31)14-30(35(5,33)34)20-8-9-21(25)16(3)10-20/h6-11,15,17H,12-14H2,1-5H3,(H,28,32)/t17-/m1/s1. The average molecular weight is 607 g/mol. The summed E-state index contributed by atoms with van der Waals surface area (Å²) >= 11 is 15.7. The fourth-order valence-corrected chi connectivity index (χ4v) is 4.82. The van der Waals surface area contributed by atoms with Crippen LogP contribution in [-0.4, -0.2) is 50.5 Å². The summed E-state index contributed by atoms with van der Waals surface area (Å²) in [7, 11) is -3.80. The summed E-state index contributed by atoms with van der Waals surface area (Å²) in [6, 6.07) is 9.01. The van der Waals surface area contributed by atoms with Crippen molar-refractivity contribution in [2.45, 2.75) is 40.3 Å². The van der Waals surface area contributed by atoms with E-state index in [1.807, 2.05) is 20.8 Å². The SMILES string of the molecule is Cc1cc(N(CC(=O)N(Cc2ccc(Cl)cc2Cl)[C@H](C)C(=O)NCC(C)C)S(C)(=O)=O)ccc1Br. The molecule has 35 heavy (non-hydrogen) atoms. The molecule has 2 aromatic carbocycles. The van der Waals surface area contributed by atoms with Crippen LogP contribution in [0.1, 0.15) is 31.9 Å². The second-order valence-corrected chi connectivity index (χ2v) is 12.4. The van der Waals surface area contributed by atoms with E-state index in [-0.39, 0.29) is 18.4 Å². The molecule has 0 bridgehead atoms. The van der Waals surface area contributed by atoms with Crippen molar-refractivity contribution in [1.82, 2.24) is 10.2 Å². The van der Waals surface area contributed by atoms with Gasteiger partial charge in [-0.15, -0.1) is 0 Å². The molecule has 0 heterocycles. The predicted octanol–water partition coefficient (Wildman–Crippen LogP) is 5.02. The maximum absolute atomic E-state index is 13.6. The second kappa shape index (κ2) is 12.4. The molecule has 0 aliphatic heterocycles. The molecule has 0 unspecified atom stereocenters. The second-order valence-electron chi connectivity index (χ2n) is 8.78. The molecule has 1 atom stereocenters. The fourth-order valence-electron chi connectivity index (χ4n) is 3.27. The lowest BCUT2D eigenvalue weighted by Crippen LogP contribution is -2.51. The van der Waals surface area contributed by atoms with Crippen LogP contribution in [0.15, 0.2) is 40.9 Å². The molecule has 0 aromatic heterocycles. The first-order valence-corrected chi connectivity index (χ1v) is 14.4. The molecule has 2 amide bonds. The van der Waals surface area contributed by atoms with E-state index in [0.29, 0.717) is 27.8 Å². The molecule has 7 nitrogen and oxygen atoms in total. The van der Waals surface area contributed by atoms with E-state index < -0.39 is 28.5 Å². The van der Waals surface area contributed by atoms with Crippen LogP contribution in [0.2, 0.25) is 10.0 Å². The molecule has 192 valence electrons. The van der Waals surface area contributed by atoms with E-state index in [0.717, 1.165) is 20.6 Å². The van der Waals surface area contributed by atoms with Crippen molar-refractivity contribution in [2.24, 2.45) is 5.92 Å². The molecule has 0 saturated heterocycles. The minimum atomic E-state index is -3.80. The monoisotopic (exact) mass is 605 g/mol. The number of nitrogens with one attached hydrogen (secondary N) is 1. The van der Waals surface area contributed by atoms with Crippen LogP contribution in [0.4, 0.5) is 5.69 Å². The lowest BCUT2D eigenvalue weighted by molar-refractivity contribution is -0.139. The Morgan fingerprint density at radius 1 is 1.09 bits per heavy atom. The van der Waals surface area contributed by atoms with Crippen LogP contribution in [-0.2, 0) is 26.2 Å². The summed E-state index contributed by atoms with van der Waals surface area (Å²) in [4.78, 5) is 27.7. The number of carbonyl (C=O) groups excluding carboxylic acids is 2. The summed E-state index contributed by atoms with van der Waals surface area (Å²) in [5, 5.41) is 3.61. The highest BCUT2D eigenvalue weighted by Gasteiger charge is 2.30. The van der Waals surface area contributed by atoms with Gasteiger partial charge in [0.15, 0.2) is 0 Å². The third kappa shape index (κ3) is 8.37. The summed E-state index contributed by atoms with van der Waals surface area (Å²) in [6.45, 7) is 7.32. The van der Waals surface area contributed by atoms with Gasteiger partial charge >= 0.3 is 0 Å². The number of halogens is 3. The normalized spacial score (nSPS) is 12.4. The van der Waals surface area contributed by atoms with Crippen molar-refractivity contribution in [3.05, 3.63) is 62.0 Å². The number of aryl methyl sites for hydroxylation is 1. The largest absolute Gasteiger partial charge is 0.354 e. The molecule has 11 heteroatoms. The van der Waals surface area contributed by atoms with E-state index in [1.165, 1.54) is 4.90 Å². The molecule has 0 radical (unpaired) electrons. The first-order valence-electron chi connectivity index (χ1n) is 11.0. The van der Waals surface area contributed by atoms with Gasteiger partial charge in [0.05, 0.1) is 11.9 Å². The van der Waals surface area contributed by atoms with Crippen LogP contribution in [0.25, 0.3) is 0 Å². The van der Waals surface area contributed by atoms with Crippen LogP contribution in [0.5, 0.6) is 0 Å². The van der Waals surface area contributed by atoms with Gasteiger partial charge in [0.1, 0.15) is 12.6 Å². The molecule has 2 rings (SSSR count). The number of nitrogens with zero attached hydrogens (tertiary/aromatic N) is 2. The first-order chi connectivity index (χ1) is 16.2. The number of anilines is 1. The van der Waals surface area contributed by atoms with Crippen LogP contribution in [0, 0.1) is 12.8 Å². The molecule has 2 aromatic rings. The first kappa shape index (κ1) is 29.4. The third-order valence-corrected chi connectivity index (χ3v) is 7.93. The molecule has 0 spiro atoms. The van der Waals surface area contributed by atoms with Crippen molar-refractivity contribution in [3.8, 4) is 0 Å². The Hall–Kier alpha value is -1.81. The Morgan fingerprint density at radius 3 is 2.29 bits per heavy atom. The van der Waals surface area contributed by atoms with Crippen molar-refractivity contribution in [1.29, 1.82) is 0 Å². The lowest BCUT2D eigenvalue weighted by atomic mass is 10.1. The van der Waals surface area contributed by atoms with E-state index in [4.69, 9.17) is 23.2 Å². The third-order valence-electron chi connectivity index (χ3n) is 5.32. The van der Waals surface area contributed by atoms with Gasteiger partial charge in [0.25, 0.3) is 0 Å². The zero-order valence-corrected chi connectivity index (χ0v) is 24.2. The number of amides is 2. The zero-order valence-electron chi connectivity index (χ0n) is 20.3. The van der Waals surface area contributed by atoms with Gasteiger partial charge in [-0.25, -0.2) is 8.42 Å². The Balaban J connectivity index is 2.42. The smallest absolute Gasteiger partial charge is 0.244 e. The molecule has 1 N–H and O–H groups in total. The van der Waals surface area contributed by atoms with Gasteiger partial charge in [-0.3, -0.25) is 13.9 Å². The highest BCUT2D eigenvalue weighted by atomic mass is 79.9. The number of rotatable bonds is 10. The topological polar surface area (TPSA) is 86.8 Å². The van der Waals surface area contributed by atoms with Gasteiger partial charge < -0.3 is 10.2 Å². The Bertz CT molecular complexity index is 1190.